The highest BCUT2D eigenvalue weighted by Gasteiger charge is 2.16. The minimum Gasteiger partial charge on any atom is -0.481 e. The first kappa shape index (κ1) is 14.1. The van der Waals surface area contributed by atoms with Crippen molar-refractivity contribution in [3.05, 3.63) is 47.5 Å². The van der Waals surface area contributed by atoms with Crippen molar-refractivity contribution >= 4 is 17.1 Å². The summed E-state index contributed by atoms with van der Waals surface area (Å²) in [4.78, 5) is 15.2. The van der Waals surface area contributed by atoms with E-state index in [0.29, 0.717) is 22.8 Å². The number of oxazole rings is 1. The van der Waals surface area contributed by atoms with Gasteiger partial charge in [0.2, 0.25) is 5.89 Å². The Hall–Kier alpha value is -2.82. The third-order valence-electron chi connectivity index (χ3n) is 3.33. The molecule has 0 fully saturated rings. The zero-order chi connectivity index (χ0) is 15.7. The number of carboxylic acid groups (broad SMARTS) is 1. The smallest absolute Gasteiger partial charge is 0.341 e. The maximum Gasteiger partial charge on any atom is 0.341 e. The molecule has 0 bridgehead atoms. The predicted molar refractivity (Wildman–Crippen MR) is 82.0 cm³/mol. The van der Waals surface area contributed by atoms with Gasteiger partial charge in [0.1, 0.15) is 11.3 Å². The number of rotatable bonds is 4. The van der Waals surface area contributed by atoms with Crippen LogP contribution in [0.4, 0.5) is 0 Å². The lowest BCUT2D eigenvalue weighted by molar-refractivity contribution is -0.139. The molecule has 0 radical (unpaired) electrons. The highest BCUT2D eigenvalue weighted by molar-refractivity contribution is 5.78. The van der Waals surface area contributed by atoms with Gasteiger partial charge in [0.25, 0.3) is 0 Å². The van der Waals surface area contributed by atoms with Gasteiger partial charge in [-0.05, 0) is 43.2 Å². The van der Waals surface area contributed by atoms with Crippen molar-refractivity contribution in [3.8, 4) is 17.2 Å². The second kappa shape index (κ2) is 5.52. The molecule has 1 N–H and O–H groups in total. The molecule has 0 aliphatic heterocycles. The summed E-state index contributed by atoms with van der Waals surface area (Å²) in [5, 5.41) is 8.81. The molecule has 22 heavy (non-hydrogen) atoms. The monoisotopic (exact) mass is 297 g/mol. The van der Waals surface area contributed by atoms with Gasteiger partial charge >= 0.3 is 5.97 Å². The molecule has 0 aliphatic carbocycles. The first-order chi connectivity index (χ1) is 10.5. The standard InChI is InChI=1S/C17H15NO4/c1-10-6-7-13-14(8-10)22-17(18-13)12-5-3-4-11(2)16(12)21-9-15(19)20/h3-8H,9H2,1-2H3,(H,19,20). The van der Waals surface area contributed by atoms with E-state index >= 15 is 0 Å². The van der Waals surface area contributed by atoms with E-state index in [0.717, 1.165) is 16.6 Å². The Labute approximate surface area is 127 Å². The first-order valence-electron chi connectivity index (χ1n) is 6.86. The lowest BCUT2D eigenvalue weighted by atomic mass is 10.1. The van der Waals surface area contributed by atoms with E-state index in [9.17, 15) is 4.79 Å². The number of hydrogen-bond donors (Lipinski definition) is 1. The Morgan fingerprint density at radius 2 is 2.09 bits per heavy atom. The van der Waals surface area contributed by atoms with Crippen LogP contribution in [0.3, 0.4) is 0 Å². The zero-order valence-corrected chi connectivity index (χ0v) is 12.3. The van der Waals surface area contributed by atoms with Gasteiger partial charge in [0.15, 0.2) is 12.2 Å². The molecule has 3 aromatic rings. The molecule has 5 nitrogen and oxygen atoms in total. The molecule has 5 heteroatoms. The zero-order valence-electron chi connectivity index (χ0n) is 12.3. The maximum atomic E-state index is 10.7. The fourth-order valence-corrected chi connectivity index (χ4v) is 2.29. The van der Waals surface area contributed by atoms with Gasteiger partial charge in [0.05, 0.1) is 5.56 Å². The van der Waals surface area contributed by atoms with Crippen molar-refractivity contribution in [3.63, 3.8) is 0 Å². The molecule has 0 spiro atoms. The van der Waals surface area contributed by atoms with Crippen molar-refractivity contribution in [2.45, 2.75) is 13.8 Å². The highest BCUT2D eigenvalue weighted by atomic mass is 16.5. The number of benzene rings is 2. The van der Waals surface area contributed by atoms with Crippen molar-refractivity contribution in [2.24, 2.45) is 0 Å². The summed E-state index contributed by atoms with van der Waals surface area (Å²) in [6.45, 7) is 3.43. The number of para-hydroxylation sites is 1. The minimum absolute atomic E-state index is 0.406. The third-order valence-corrected chi connectivity index (χ3v) is 3.33. The van der Waals surface area contributed by atoms with E-state index in [1.54, 1.807) is 0 Å². The Kier molecular flexibility index (Phi) is 3.55. The Morgan fingerprint density at radius 1 is 1.27 bits per heavy atom. The molecule has 0 saturated heterocycles. The number of fused-ring (bicyclic) bond motifs is 1. The summed E-state index contributed by atoms with van der Waals surface area (Å²) in [5.41, 5.74) is 4.01. The number of ether oxygens (including phenoxy) is 1. The first-order valence-corrected chi connectivity index (χ1v) is 6.86. The van der Waals surface area contributed by atoms with E-state index in [1.807, 2.05) is 50.2 Å². The third kappa shape index (κ3) is 2.65. The highest BCUT2D eigenvalue weighted by Crippen LogP contribution is 2.34. The average Bonchev–Trinajstić information content (AvgIpc) is 2.88. The summed E-state index contributed by atoms with van der Waals surface area (Å²) >= 11 is 0. The number of aryl methyl sites for hydroxylation is 2. The number of hydrogen-bond acceptors (Lipinski definition) is 4. The average molecular weight is 297 g/mol. The van der Waals surface area contributed by atoms with E-state index < -0.39 is 12.6 Å². The Morgan fingerprint density at radius 3 is 2.86 bits per heavy atom. The summed E-state index contributed by atoms with van der Waals surface area (Å²) in [6.07, 6.45) is 0. The summed E-state index contributed by atoms with van der Waals surface area (Å²) < 4.78 is 11.2. The molecule has 0 unspecified atom stereocenters. The van der Waals surface area contributed by atoms with Crippen LogP contribution >= 0.6 is 0 Å². The van der Waals surface area contributed by atoms with Crippen LogP contribution in [0.1, 0.15) is 11.1 Å². The minimum atomic E-state index is -1.03. The number of carboxylic acids is 1. The fraction of sp³-hybridized carbons (Fsp3) is 0.176. The number of nitrogens with zero attached hydrogens (tertiary/aromatic N) is 1. The van der Waals surface area contributed by atoms with Crippen LogP contribution in [0.5, 0.6) is 5.75 Å². The van der Waals surface area contributed by atoms with Crippen LogP contribution in [0.25, 0.3) is 22.6 Å². The molecule has 3 rings (SSSR count). The molecule has 0 amide bonds. The lowest BCUT2D eigenvalue weighted by Crippen LogP contribution is -2.10. The molecule has 2 aromatic carbocycles. The maximum absolute atomic E-state index is 10.7. The Bertz CT molecular complexity index is 851. The van der Waals surface area contributed by atoms with Crippen molar-refractivity contribution < 1.29 is 19.1 Å². The second-order valence-corrected chi connectivity index (χ2v) is 5.12. The van der Waals surface area contributed by atoms with Gasteiger partial charge in [-0.15, -0.1) is 0 Å². The van der Waals surface area contributed by atoms with Crippen LogP contribution in [0.2, 0.25) is 0 Å². The van der Waals surface area contributed by atoms with E-state index in [1.165, 1.54) is 0 Å². The molecule has 0 aliphatic rings. The molecule has 1 aromatic heterocycles. The topological polar surface area (TPSA) is 72.6 Å². The number of aromatic nitrogens is 1. The van der Waals surface area contributed by atoms with Crippen molar-refractivity contribution in [1.29, 1.82) is 0 Å². The van der Waals surface area contributed by atoms with Gasteiger partial charge < -0.3 is 14.3 Å². The van der Waals surface area contributed by atoms with Gasteiger partial charge in [-0.1, -0.05) is 18.2 Å². The van der Waals surface area contributed by atoms with Crippen LogP contribution in [-0.2, 0) is 4.79 Å². The van der Waals surface area contributed by atoms with E-state index in [-0.39, 0.29) is 0 Å². The molecule has 0 saturated carbocycles. The van der Waals surface area contributed by atoms with E-state index in [2.05, 4.69) is 4.98 Å². The quantitative estimate of drug-likeness (QED) is 0.797. The normalized spacial score (nSPS) is 10.8. The van der Waals surface area contributed by atoms with Crippen LogP contribution in [-0.4, -0.2) is 22.7 Å². The number of carbonyl (C=O) groups is 1. The van der Waals surface area contributed by atoms with E-state index in [4.69, 9.17) is 14.3 Å². The molecule has 0 atom stereocenters. The largest absolute Gasteiger partial charge is 0.481 e. The Balaban J connectivity index is 2.09. The molecule has 112 valence electrons. The predicted octanol–water partition coefficient (Wildman–Crippen LogP) is 3.58. The summed E-state index contributed by atoms with van der Waals surface area (Å²) in [6, 6.07) is 11.3. The fourth-order valence-electron chi connectivity index (χ4n) is 2.29. The van der Waals surface area contributed by atoms with Crippen molar-refractivity contribution in [1.82, 2.24) is 4.98 Å². The van der Waals surface area contributed by atoms with Crippen LogP contribution in [0, 0.1) is 13.8 Å². The van der Waals surface area contributed by atoms with Gasteiger partial charge in [-0.25, -0.2) is 9.78 Å². The van der Waals surface area contributed by atoms with Gasteiger partial charge in [-0.3, -0.25) is 0 Å². The van der Waals surface area contributed by atoms with Gasteiger partial charge in [0, 0.05) is 0 Å². The summed E-state index contributed by atoms with van der Waals surface area (Å²) in [5.74, 6) is -0.125. The van der Waals surface area contributed by atoms with Crippen LogP contribution < -0.4 is 4.74 Å². The van der Waals surface area contributed by atoms with Crippen LogP contribution in [0.15, 0.2) is 40.8 Å². The molecular weight excluding hydrogens is 282 g/mol. The number of aliphatic carboxylic acids is 1. The summed E-state index contributed by atoms with van der Waals surface area (Å²) in [7, 11) is 0. The SMILES string of the molecule is Cc1ccc2nc(-c3cccc(C)c3OCC(=O)O)oc2c1. The van der Waals surface area contributed by atoms with Crippen molar-refractivity contribution in [2.75, 3.05) is 6.61 Å². The lowest BCUT2D eigenvalue weighted by Gasteiger charge is -2.10. The molecular formula is C17H15NO4. The second-order valence-electron chi connectivity index (χ2n) is 5.12. The van der Waals surface area contributed by atoms with Gasteiger partial charge in [-0.2, -0.15) is 0 Å². The molecule has 1 heterocycles.